The summed E-state index contributed by atoms with van der Waals surface area (Å²) in [5.41, 5.74) is 7.60. The Bertz CT molecular complexity index is 443. The minimum atomic E-state index is 0.760. The van der Waals surface area contributed by atoms with E-state index in [0.29, 0.717) is 0 Å². The number of aromatic amines is 1. The number of nitrogens with one attached hydrogen (secondary N) is 1. The van der Waals surface area contributed by atoms with Crippen LogP contribution in [0.15, 0.2) is 34.2 Å². The predicted octanol–water partition coefficient (Wildman–Crippen LogP) is 2.44. The molecule has 0 amide bonds. The number of thioether (sulfide) groups is 1. The van der Waals surface area contributed by atoms with Gasteiger partial charge in [-0.1, -0.05) is 33.8 Å². The van der Waals surface area contributed by atoms with E-state index in [1.807, 2.05) is 18.2 Å². The van der Waals surface area contributed by atoms with Crippen LogP contribution in [-0.4, -0.2) is 15.2 Å². The number of nitrogens with zero attached hydrogens (tertiary/aromatic N) is 2. The number of halogens is 1. The van der Waals surface area contributed by atoms with Crippen molar-refractivity contribution in [1.82, 2.24) is 15.2 Å². The SMILES string of the molecule is Nc1ccc(CSc2ncn[nH]2)c(Br)c1. The third-order valence-corrected chi connectivity index (χ3v) is 3.50. The molecule has 0 fully saturated rings. The molecular weight excluding hydrogens is 276 g/mol. The van der Waals surface area contributed by atoms with Crippen LogP contribution in [0.25, 0.3) is 0 Å². The van der Waals surface area contributed by atoms with Gasteiger partial charge in [-0.05, 0) is 17.7 Å². The Morgan fingerprint density at radius 2 is 2.33 bits per heavy atom. The second-order valence-corrected chi connectivity index (χ2v) is 4.75. The standard InChI is InChI=1S/C9H9BrN4S/c10-8-3-7(11)2-1-6(8)4-15-9-12-5-13-14-9/h1-3,5H,4,11H2,(H,12,13,14). The number of anilines is 1. The molecule has 78 valence electrons. The van der Waals surface area contributed by atoms with Crippen LogP contribution in [0.4, 0.5) is 5.69 Å². The lowest BCUT2D eigenvalue weighted by Crippen LogP contribution is -1.88. The number of rotatable bonds is 3. The molecule has 15 heavy (non-hydrogen) atoms. The van der Waals surface area contributed by atoms with Crippen LogP contribution in [0.2, 0.25) is 0 Å². The van der Waals surface area contributed by atoms with E-state index in [1.54, 1.807) is 11.8 Å². The van der Waals surface area contributed by atoms with Crippen LogP contribution in [-0.2, 0) is 5.75 Å². The summed E-state index contributed by atoms with van der Waals surface area (Å²) in [6, 6.07) is 5.79. The molecule has 1 aromatic heterocycles. The molecule has 0 unspecified atom stereocenters. The highest BCUT2D eigenvalue weighted by Gasteiger charge is 2.02. The highest BCUT2D eigenvalue weighted by Crippen LogP contribution is 2.26. The van der Waals surface area contributed by atoms with E-state index >= 15 is 0 Å². The van der Waals surface area contributed by atoms with Gasteiger partial charge in [0.2, 0.25) is 0 Å². The van der Waals surface area contributed by atoms with Crippen molar-refractivity contribution < 1.29 is 0 Å². The third kappa shape index (κ3) is 2.73. The molecule has 0 saturated carbocycles. The monoisotopic (exact) mass is 284 g/mol. The zero-order valence-electron chi connectivity index (χ0n) is 7.77. The Morgan fingerprint density at radius 3 is 3.00 bits per heavy atom. The molecule has 3 N–H and O–H groups in total. The van der Waals surface area contributed by atoms with Crippen molar-refractivity contribution in [3.8, 4) is 0 Å². The molecule has 0 saturated heterocycles. The zero-order chi connectivity index (χ0) is 10.7. The van der Waals surface area contributed by atoms with Crippen LogP contribution in [0, 0.1) is 0 Å². The number of hydrogen-bond donors (Lipinski definition) is 2. The molecule has 0 atom stereocenters. The summed E-state index contributed by atoms with van der Waals surface area (Å²) in [6.07, 6.45) is 1.50. The van der Waals surface area contributed by atoms with Crippen molar-refractivity contribution in [3.63, 3.8) is 0 Å². The van der Waals surface area contributed by atoms with Crippen LogP contribution < -0.4 is 5.73 Å². The molecule has 0 aliphatic rings. The lowest BCUT2D eigenvalue weighted by molar-refractivity contribution is 0.972. The van der Waals surface area contributed by atoms with E-state index in [1.165, 1.54) is 11.9 Å². The molecule has 4 nitrogen and oxygen atoms in total. The Balaban J connectivity index is 2.05. The topological polar surface area (TPSA) is 67.6 Å². The predicted molar refractivity (Wildman–Crippen MR) is 64.5 cm³/mol. The van der Waals surface area contributed by atoms with Gasteiger partial charge in [-0.25, -0.2) is 4.98 Å². The lowest BCUT2D eigenvalue weighted by Gasteiger charge is -2.03. The van der Waals surface area contributed by atoms with Crippen molar-refractivity contribution in [2.24, 2.45) is 0 Å². The van der Waals surface area contributed by atoms with Gasteiger partial charge in [-0.2, -0.15) is 5.10 Å². The zero-order valence-corrected chi connectivity index (χ0v) is 10.2. The van der Waals surface area contributed by atoms with Gasteiger partial charge in [0.05, 0.1) is 0 Å². The quantitative estimate of drug-likeness (QED) is 0.671. The maximum Gasteiger partial charge on any atom is 0.183 e. The normalized spacial score (nSPS) is 10.5. The van der Waals surface area contributed by atoms with Gasteiger partial charge in [0.1, 0.15) is 6.33 Å². The van der Waals surface area contributed by atoms with Crippen LogP contribution in [0.5, 0.6) is 0 Å². The molecule has 1 heterocycles. The van der Waals surface area contributed by atoms with E-state index in [0.717, 1.165) is 21.1 Å². The van der Waals surface area contributed by atoms with Crippen molar-refractivity contribution in [3.05, 3.63) is 34.6 Å². The van der Waals surface area contributed by atoms with E-state index < -0.39 is 0 Å². The lowest BCUT2D eigenvalue weighted by atomic mass is 10.2. The Labute approximate surface area is 99.8 Å². The molecule has 0 aliphatic heterocycles. The number of aromatic nitrogens is 3. The first-order valence-corrected chi connectivity index (χ1v) is 6.05. The first-order chi connectivity index (χ1) is 7.25. The molecule has 0 spiro atoms. The third-order valence-electron chi connectivity index (χ3n) is 1.83. The summed E-state index contributed by atoms with van der Waals surface area (Å²) in [6.45, 7) is 0. The average Bonchev–Trinajstić information content (AvgIpc) is 2.69. The van der Waals surface area contributed by atoms with Gasteiger partial charge >= 0.3 is 0 Å². The highest BCUT2D eigenvalue weighted by molar-refractivity contribution is 9.10. The highest BCUT2D eigenvalue weighted by atomic mass is 79.9. The Kier molecular flexibility index (Phi) is 3.27. The van der Waals surface area contributed by atoms with Crippen molar-refractivity contribution in [2.75, 3.05) is 5.73 Å². The maximum absolute atomic E-state index is 5.65. The summed E-state index contributed by atoms with van der Waals surface area (Å²) in [5.74, 6) is 0.829. The van der Waals surface area contributed by atoms with Gasteiger partial charge in [0.25, 0.3) is 0 Å². The van der Waals surface area contributed by atoms with Crippen LogP contribution in [0.3, 0.4) is 0 Å². The van der Waals surface area contributed by atoms with Gasteiger partial charge in [-0.3, -0.25) is 5.10 Å². The van der Waals surface area contributed by atoms with Crippen LogP contribution in [0.1, 0.15) is 5.56 Å². The molecule has 6 heteroatoms. The van der Waals surface area contributed by atoms with E-state index in [-0.39, 0.29) is 0 Å². The number of benzene rings is 1. The first-order valence-electron chi connectivity index (χ1n) is 4.28. The minimum Gasteiger partial charge on any atom is -0.399 e. The molecule has 0 bridgehead atoms. The number of H-pyrrole nitrogens is 1. The summed E-state index contributed by atoms with van der Waals surface area (Å²) < 4.78 is 1.02. The molecular formula is C9H9BrN4S. The average molecular weight is 285 g/mol. The number of hydrogen-bond acceptors (Lipinski definition) is 4. The van der Waals surface area contributed by atoms with Crippen molar-refractivity contribution in [1.29, 1.82) is 0 Å². The fourth-order valence-corrected chi connectivity index (χ4v) is 2.60. The summed E-state index contributed by atoms with van der Waals surface area (Å²) in [5, 5.41) is 7.40. The van der Waals surface area contributed by atoms with Gasteiger partial charge in [0, 0.05) is 15.9 Å². The molecule has 0 aliphatic carbocycles. The fraction of sp³-hybridized carbons (Fsp3) is 0.111. The van der Waals surface area contributed by atoms with E-state index in [4.69, 9.17) is 5.73 Å². The van der Waals surface area contributed by atoms with Crippen molar-refractivity contribution in [2.45, 2.75) is 10.9 Å². The summed E-state index contributed by atoms with van der Waals surface area (Å²) in [7, 11) is 0. The smallest absolute Gasteiger partial charge is 0.183 e. The van der Waals surface area contributed by atoms with Gasteiger partial charge in [-0.15, -0.1) is 0 Å². The molecule has 0 radical (unpaired) electrons. The summed E-state index contributed by atoms with van der Waals surface area (Å²) >= 11 is 5.07. The second kappa shape index (κ2) is 4.67. The fourth-order valence-electron chi connectivity index (χ4n) is 1.09. The first kappa shape index (κ1) is 10.5. The maximum atomic E-state index is 5.65. The number of nitrogen functional groups attached to an aromatic ring is 1. The largest absolute Gasteiger partial charge is 0.399 e. The van der Waals surface area contributed by atoms with Crippen LogP contribution >= 0.6 is 27.7 Å². The summed E-state index contributed by atoms with van der Waals surface area (Å²) in [4.78, 5) is 4.03. The minimum absolute atomic E-state index is 0.760. The van der Waals surface area contributed by atoms with Gasteiger partial charge < -0.3 is 5.73 Å². The Morgan fingerprint density at radius 1 is 1.47 bits per heavy atom. The molecule has 2 aromatic rings. The van der Waals surface area contributed by atoms with E-state index in [9.17, 15) is 0 Å². The van der Waals surface area contributed by atoms with Crippen molar-refractivity contribution >= 4 is 33.4 Å². The second-order valence-electron chi connectivity index (χ2n) is 2.93. The Hall–Kier alpha value is -1.01. The van der Waals surface area contributed by atoms with Gasteiger partial charge in [0.15, 0.2) is 5.16 Å². The molecule has 1 aromatic carbocycles. The number of nitrogens with two attached hydrogens (primary N) is 1. The molecule has 2 rings (SSSR count). The van der Waals surface area contributed by atoms with E-state index in [2.05, 4.69) is 31.1 Å².